The van der Waals surface area contributed by atoms with Crippen LogP contribution in [0.5, 0.6) is 0 Å². The van der Waals surface area contributed by atoms with Gasteiger partial charge in [0.1, 0.15) is 24.4 Å². The minimum absolute atomic E-state index is 0.139. The first-order valence-electron chi connectivity index (χ1n) is 24.9. The molecular weight excluding hydrogens is 731 g/mol. The van der Waals surface area contributed by atoms with E-state index in [1.807, 2.05) is 0 Å². The number of rotatable bonds is 42. The molecule has 1 heterocycles. The zero-order chi connectivity index (χ0) is 42.3. The molecule has 1 saturated heterocycles. The van der Waals surface area contributed by atoms with E-state index in [-0.39, 0.29) is 12.5 Å². The second kappa shape index (κ2) is 40.0. The van der Waals surface area contributed by atoms with Gasteiger partial charge in [0, 0.05) is 6.42 Å². The van der Waals surface area contributed by atoms with Crippen LogP contribution in [0.2, 0.25) is 0 Å². The van der Waals surface area contributed by atoms with E-state index in [0.29, 0.717) is 12.8 Å². The van der Waals surface area contributed by atoms with Crippen LogP contribution in [-0.4, -0.2) is 87.5 Å². The van der Waals surface area contributed by atoms with Gasteiger partial charge in [-0.15, -0.1) is 0 Å². The van der Waals surface area contributed by atoms with Crippen molar-refractivity contribution in [3.63, 3.8) is 0 Å². The third-order valence-corrected chi connectivity index (χ3v) is 12.1. The Kier molecular flexibility index (Phi) is 37.9. The molecule has 9 heteroatoms. The average molecular weight is 826 g/mol. The predicted molar refractivity (Wildman–Crippen MR) is 240 cm³/mol. The van der Waals surface area contributed by atoms with Gasteiger partial charge in [0.05, 0.1) is 25.4 Å². The van der Waals surface area contributed by atoms with Gasteiger partial charge < -0.3 is 40.3 Å². The summed E-state index contributed by atoms with van der Waals surface area (Å²) in [6, 6.07) is -0.720. The van der Waals surface area contributed by atoms with Gasteiger partial charge in [-0.2, -0.15) is 0 Å². The van der Waals surface area contributed by atoms with Gasteiger partial charge in [0.25, 0.3) is 0 Å². The number of aliphatic hydroxyl groups excluding tert-OH is 5. The van der Waals surface area contributed by atoms with E-state index >= 15 is 0 Å². The highest BCUT2D eigenvalue weighted by Crippen LogP contribution is 2.23. The standard InChI is InChI=1S/C49H95NO8/c1-3-5-7-9-11-13-15-16-17-18-19-20-21-22-23-24-25-26-27-28-29-30-32-34-36-38-43(52)42(41-57-49-48(56)47(55)46(54)44(40-51)58-49)50-45(53)39-37-35-33-31-14-12-10-8-6-4-2/h10,12,42-44,46-49,51-52,54-56H,3-9,11,13-41H2,1-2H3,(H,50,53)/b12-10-. The lowest BCUT2D eigenvalue weighted by atomic mass is 9.99. The normalized spacial score (nSPS) is 20.8. The molecule has 0 bridgehead atoms. The lowest BCUT2D eigenvalue weighted by molar-refractivity contribution is -0.302. The van der Waals surface area contributed by atoms with Crippen LogP contribution in [0.25, 0.3) is 0 Å². The minimum atomic E-state index is -1.55. The fraction of sp³-hybridized carbons (Fsp3) is 0.939. The topological polar surface area (TPSA) is 149 Å². The summed E-state index contributed by atoms with van der Waals surface area (Å²) in [5.74, 6) is -0.157. The van der Waals surface area contributed by atoms with Crippen molar-refractivity contribution in [1.82, 2.24) is 5.32 Å². The number of allylic oxidation sites excluding steroid dienone is 2. The fourth-order valence-corrected chi connectivity index (χ4v) is 8.08. The number of hydrogen-bond donors (Lipinski definition) is 6. The molecule has 6 N–H and O–H groups in total. The molecule has 0 aromatic carbocycles. The van der Waals surface area contributed by atoms with Gasteiger partial charge >= 0.3 is 0 Å². The quantitative estimate of drug-likeness (QED) is 0.0263. The first-order valence-corrected chi connectivity index (χ1v) is 24.9. The molecule has 0 spiro atoms. The molecule has 9 nitrogen and oxygen atoms in total. The summed E-state index contributed by atoms with van der Waals surface area (Å²) in [5, 5.41) is 54.3. The Balaban J connectivity index is 2.19. The maximum absolute atomic E-state index is 12.9. The summed E-state index contributed by atoms with van der Waals surface area (Å²) in [6.45, 7) is 3.79. The molecule has 0 saturated carbocycles. The molecule has 7 unspecified atom stereocenters. The predicted octanol–water partition coefficient (Wildman–Crippen LogP) is 10.9. The maximum atomic E-state index is 12.9. The number of nitrogens with one attached hydrogen (secondary N) is 1. The Labute approximate surface area is 356 Å². The van der Waals surface area contributed by atoms with Crippen molar-refractivity contribution in [2.45, 2.75) is 281 Å². The van der Waals surface area contributed by atoms with Gasteiger partial charge in [-0.1, -0.05) is 212 Å². The molecule has 0 radical (unpaired) electrons. The lowest BCUT2D eigenvalue weighted by Crippen LogP contribution is -2.60. The molecule has 1 aliphatic heterocycles. The Morgan fingerprint density at radius 3 is 1.45 bits per heavy atom. The van der Waals surface area contributed by atoms with Gasteiger partial charge in [0.2, 0.25) is 5.91 Å². The monoisotopic (exact) mass is 826 g/mol. The van der Waals surface area contributed by atoms with Gasteiger partial charge in [-0.25, -0.2) is 0 Å². The maximum Gasteiger partial charge on any atom is 0.220 e. The Morgan fingerprint density at radius 2 is 0.983 bits per heavy atom. The molecular formula is C49H95NO8. The molecule has 1 rings (SSSR count). The molecule has 1 aliphatic rings. The number of carbonyl (C=O) groups is 1. The molecule has 58 heavy (non-hydrogen) atoms. The highest BCUT2D eigenvalue weighted by atomic mass is 16.7. The number of amides is 1. The number of carbonyl (C=O) groups excluding carboxylic acids is 1. The largest absolute Gasteiger partial charge is 0.394 e. The van der Waals surface area contributed by atoms with Crippen LogP contribution in [0, 0.1) is 0 Å². The Hall–Kier alpha value is -1.07. The summed E-state index contributed by atoms with van der Waals surface area (Å²) < 4.78 is 11.2. The van der Waals surface area contributed by atoms with Crippen LogP contribution < -0.4 is 5.32 Å². The highest BCUT2D eigenvalue weighted by Gasteiger charge is 2.44. The van der Waals surface area contributed by atoms with E-state index < -0.39 is 49.5 Å². The van der Waals surface area contributed by atoms with Crippen molar-refractivity contribution in [3.05, 3.63) is 12.2 Å². The fourth-order valence-electron chi connectivity index (χ4n) is 8.08. The average Bonchev–Trinajstić information content (AvgIpc) is 3.22. The second-order valence-electron chi connectivity index (χ2n) is 17.6. The molecule has 1 fully saturated rings. The van der Waals surface area contributed by atoms with Crippen LogP contribution in [0.3, 0.4) is 0 Å². The van der Waals surface area contributed by atoms with Crippen molar-refractivity contribution in [2.24, 2.45) is 0 Å². The number of aliphatic hydroxyl groups is 5. The van der Waals surface area contributed by atoms with Crippen LogP contribution in [0.4, 0.5) is 0 Å². The van der Waals surface area contributed by atoms with Crippen molar-refractivity contribution < 1.29 is 39.8 Å². The zero-order valence-corrected chi connectivity index (χ0v) is 37.8. The third-order valence-electron chi connectivity index (χ3n) is 12.1. The number of ether oxygens (including phenoxy) is 2. The lowest BCUT2D eigenvalue weighted by Gasteiger charge is -2.40. The summed E-state index contributed by atoms with van der Waals surface area (Å²) in [4.78, 5) is 12.9. The third kappa shape index (κ3) is 30.0. The zero-order valence-electron chi connectivity index (χ0n) is 37.8. The van der Waals surface area contributed by atoms with Crippen molar-refractivity contribution in [3.8, 4) is 0 Å². The first-order chi connectivity index (χ1) is 28.3. The van der Waals surface area contributed by atoms with Crippen LogP contribution in [0.15, 0.2) is 12.2 Å². The first kappa shape index (κ1) is 54.9. The van der Waals surface area contributed by atoms with Crippen LogP contribution in [0.1, 0.15) is 239 Å². The summed E-state index contributed by atoms with van der Waals surface area (Å²) in [5.41, 5.74) is 0. The molecule has 0 aromatic rings. The van der Waals surface area contributed by atoms with E-state index in [2.05, 4.69) is 31.3 Å². The molecule has 1 amide bonds. The smallest absolute Gasteiger partial charge is 0.220 e. The summed E-state index contributed by atoms with van der Waals surface area (Å²) in [6.07, 6.45) is 39.6. The Morgan fingerprint density at radius 1 is 0.569 bits per heavy atom. The van der Waals surface area contributed by atoms with Crippen molar-refractivity contribution in [1.29, 1.82) is 0 Å². The molecule has 0 aromatic heterocycles. The van der Waals surface area contributed by atoms with E-state index in [9.17, 15) is 30.3 Å². The van der Waals surface area contributed by atoms with Crippen molar-refractivity contribution >= 4 is 5.91 Å². The number of unbranched alkanes of at least 4 members (excludes halogenated alkanes) is 30. The van der Waals surface area contributed by atoms with Gasteiger partial charge in [0.15, 0.2) is 6.29 Å². The summed E-state index contributed by atoms with van der Waals surface area (Å²) >= 11 is 0. The van der Waals surface area contributed by atoms with Gasteiger partial charge in [-0.05, 0) is 32.1 Å². The SMILES string of the molecule is CCCC/C=C\CCCCCCC(=O)NC(COC1OC(CO)C(O)C(O)C1O)C(O)CCCCCCCCCCCCCCCCCCCCCCCCCCC. The molecule has 344 valence electrons. The van der Waals surface area contributed by atoms with Crippen LogP contribution in [-0.2, 0) is 14.3 Å². The minimum Gasteiger partial charge on any atom is -0.394 e. The van der Waals surface area contributed by atoms with E-state index in [1.54, 1.807) is 0 Å². The molecule has 0 aliphatic carbocycles. The van der Waals surface area contributed by atoms with E-state index in [4.69, 9.17) is 9.47 Å². The van der Waals surface area contributed by atoms with Crippen LogP contribution >= 0.6 is 0 Å². The van der Waals surface area contributed by atoms with Crippen molar-refractivity contribution in [2.75, 3.05) is 13.2 Å². The summed E-state index contributed by atoms with van der Waals surface area (Å²) in [7, 11) is 0. The second-order valence-corrected chi connectivity index (χ2v) is 17.6. The van der Waals surface area contributed by atoms with Gasteiger partial charge in [-0.3, -0.25) is 4.79 Å². The van der Waals surface area contributed by atoms with E-state index in [1.165, 1.54) is 154 Å². The molecule has 7 atom stereocenters. The highest BCUT2D eigenvalue weighted by molar-refractivity contribution is 5.76. The Bertz CT molecular complexity index is 919. The number of hydrogen-bond acceptors (Lipinski definition) is 8. The van der Waals surface area contributed by atoms with E-state index in [0.717, 1.165) is 57.8 Å².